The molecule has 2 rings (SSSR count). The smallest absolute Gasteiger partial charge is 0.123 e. The Labute approximate surface area is 133 Å². The molecule has 19 heavy (non-hydrogen) atoms. The van der Waals surface area contributed by atoms with E-state index in [0.29, 0.717) is 16.3 Å². The van der Waals surface area contributed by atoms with Crippen LogP contribution in [0, 0.1) is 0 Å². The molecule has 1 N–H and O–H groups in total. The molecule has 3 nitrogen and oxygen atoms in total. The van der Waals surface area contributed by atoms with Crippen molar-refractivity contribution in [1.29, 1.82) is 0 Å². The van der Waals surface area contributed by atoms with Crippen LogP contribution in [0.25, 0.3) is 0 Å². The molecule has 0 saturated carbocycles. The normalized spacial score (nSPS) is 13.0. The lowest BCUT2D eigenvalue weighted by molar-refractivity contribution is 0.204. The Bertz CT molecular complexity index is 598. The minimum Gasteiger partial charge on any atom is -0.382 e. The summed E-state index contributed by atoms with van der Waals surface area (Å²) >= 11 is 13.0. The van der Waals surface area contributed by atoms with E-state index in [2.05, 4.69) is 37.0 Å². The highest BCUT2D eigenvalue weighted by Crippen LogP contribution is 2.34. The van der Waals surface area contributed by atoms with Crippen molar-refractivity contribution in [3.63, 3.8) is 0 Å². The minimum atomic E-state index is -0.820. The summed E-state index contributed by atoms with van der Waals surface area (Å²) in [6, 6.07) is 5.59. The first-order valence-corrected chi connectivity index (χ1v) is 7.74. The Kier molecular flexibility index (Phi) is 4.71. The summed E-state index contributed by atoms with van der Waals surface area (Å²) in [7, 11) is 0. The van der Waals surface area contributed by atoms with Crippen LogP contribution >= 0.6 is 43.5 Å². The van der Waals surface area contributed by atoms with E-state index in [0.717, 1.165) is 8.95 Å². The average molecular weight is 409 g/mol. The predicted octanol–water partition coefficient (Wildman–Crippen LogP) is 4.72. The van der Waals surface area contributed by atoms with E-state index in [1.165, 1.54) is 0 Å². The third kappa shape index (κ3) is 3.05. The Balaban J connectivity index is 2.49. The molecule has 0 spiro atoms. The zero-order chi connectivity index (χ0) is 14.2. The van der Waals surface area contributed by atoms with Crippen molar-refractivity contribution in [2.24, 2.45) is 0 Å². The van der Waals surface area contributed by atoms with Crippen molar-refractivity contribution in [1.82, 2.24) is 9.78 Å². The summed E-state index contributed by atoms with van der Waals surface area (Å²) in [5.74, 6) is 0. The van der Waals surface area contributed by atoms with E-state index in [9.17, 15) is 5.11 Å². The van der Waals surface area contributed by atoms with Crippen molar-refractivity contribution in [3.8, 4) is 0 Å². The number of aliphatic hydroxyl groups excluding tert-OH is 1. The van der Waals surface area contributed by atoms with Gasteiger partial charge in [0.15, 0.2) is 0 Å². The first-order chi connectivity index (χ1) is 8.91. The van der Waals surface area contributed by atoms with Crippen molar-refractivity contribution < 1.29 is 5.11 Å². The van der Waals surface area contributed by atoms with Gasteiger partial charge in [-0.1, -0.05) is 33.6 Å². The first kappa shape index (κ1) is 15.0. The van der Waals surface area contributed by atoms with E-state index in [1.54, 1.807) is 23.0 Å². The van der Waals surface area contributed by atoms with Gasteiger partial charge in [0.05, 0.1) is 16.4 Å². The molecule has 102 valence electrons. The molecule has 0 amide bonds. The lowest BCUT2D eigenvalue weighted by Crippen LogP contribution is -2.13. The van der Waals surface area contributed by atoms with Gasteiger partial charge in [0.1, 0.15) is 6.10 Å². The molecule has 0 fully saturated rings. The second kappa shape index (κ2) is 5.95. The van der Waals surface area contributed by atoms with E-state index < -0.39 is 6.10 Å². The van der Waals surface area contributed by atoms with Crippen molar-refractivity contribution in [2.45, 2.75) is 26.0 Å². The Morgan fingerprint density at radius 1 is 1.32 bits per heavy atom. The van der Waals surface area contributed by atoms with E-state index >= 15 is 0 Å². The largest absolute Gasteiger partial charge is 0.382 e. The van der Waals surface area contributed by atoms with Gasteiger partial charge in [-0.25, -0.2) is 0 Å². The molecule has 1 aromatic heterocycles. The van der Waals surface area contributed by atoms with Gasteiger partial charge in [-0.15, -0.1) is 0 Å². The lowest BCUT2D eigenvalue weighted by atomic mass is 10.1. The zero-order valence-electron chi connectivity index (χ0n) is 10.4. The number of hydrogen-bond donors (Lipinski definition) is 1. The Hall–Kier alpha value is -0.360. The van der Waals surface area contributed by atoms with Gasteiger partial charge in [-0.3, -0.25) is 4.68 Å². The maximum Gasteiger partial charge on any atom is 0.123 e. The first-order valence-electron chi connectivity index (χ1n) is 5.77. The van der Waals surface area contributed by atoms with E-state index in [-0.39, 0.29) is 6.04 Å². The fourth-order valence-electron chi connectivity index (χ4n) is 1.89. The maximum absolute atomic E-state index is 10.6. The van der Waals surface area contributed by atoms with Crippen LogP contribution in [0.5, 0.6) is 0 Å². The fraction of sp³-hybridized carbons (Fsp3) is 0.308. The van der Waals surface area contributed by atoms with E-state index in [4.69, 9.17) is 11.6 Å². The van der Waals surface area contributed by atoms with Crippen molar-refractivity contribution >= 4 is 43.5 Å². The topological polar surface area (TPSA) is 38.0 Å². The number of hydrogen-bond acceptors (Lipinski definition) is 2. The van der Waals surface area contributed by atoms with Gasteiger partial charge < -0.3 is 5.11 Å². The molecule has 0 aliphatic carbocycles. The summed E-state index contributed by atoms with van der Waals surface area (Å²) in [4.78, 5) is 0. The number of rotatable bonds is 3. The molecule has 0 bridgehead atoms. The standard InChI is InChI=1S/C13H13Br2ClN2O/c1-7(2)18-12(10(15)6-17-18)13(19)9-4-3-8(14)5-11(9)16/h3-7,13,19H,1-2H3. The molecule has 1 atom stereocenters. The number of nitrogens with zero attached hydrogens (tertiary/aromatic N) is 2. The highest BCUT2D eigenvalue weighted by molar-refractivity contribution is 9.10. The molecule has 0 radical (unpaired) electrons. The Morgan fingerprint density at radius 2 is 2.00 bits per heavy atom. The van der Waals surface area contributed by atoms with Crippen LogP contribution in [0.15, 0.2) is 33.3 Å². The van der Waals surface area contributed by atoms with Gasteiger partial charge >= 0.3 is 0 Å². The van der Waals surface area contributed by atoms with Crippen molar-refractivity contribution in [2.75, 3.05) is 0 Å². The minimum absolute atomic E-state index is 0.158. The number of aliphatic hydroxyl groups is 1. The summed E-state index contributed by atoms with van der Waals surface area (Å²) in [5, 5.41) is 15.4. The molecule has 1 heterocycles. The van der Waals surface area contributed by atoms with Crippen LogP contribution in [0.1, 0.15) is 37.3 Å². The Morgan fingerprint density at radius 3 is 2.58 bits per heavy atom. The number of benzene rings is 1. The fourth-order valence-corrected chi connectivity index (χ4v) is 3.16. The van der Waals surface area contributed by atoms with Crippen LogP contribution in [0.2, 0.25) is 5.02 Å². The molecular weight excluding hydrogens is 395 g/mol. The number of halogens is 3. The molecule has 2 aromatic rings. The molecule has 6 heteroatoms. The van der Waals surface area contributed by atoms with Gasteiger partial charge in [0, 0.05) is 21.1 Å². The van der Waals surface area contributed by atoms with Gasteiger partial charge in [0.2, 0.25) is 0 Å². The SMILES string of the molecule is CC(C)n1ncc(Br)c1C(O)c1ccc(Br)cc1Cl. The van der Waals surface area contributed by atoms with E-state index in [1.807, 2.05) is 19.9 Å². The second-order valence-corrected chi connectivity index (χ2v) is 6.66. The quantitative estimate of drug-likeness (QED) is 0.798. The summed E-state index contributed by atoms with van der Waals surface area (Å²) < 4.78 is 3.44. The van der Waals surface area contributed by atoms with Gasteiger partial charge in [0.25, 0.3) is 0 Å². The third-order valence-electron chi connectivity index (χ3n) is 2.79. The molecule has 0 aliphatic heterocycles. The summed E-state index contributed by atoms with van der Waals surface area (Å²) in [6.07, 6.45) is 0.866. The lowest BCUT2D eigenvalue weighted by Gasteiger charge is -2.18. The third-order valence-corrected chi connectivity index (χ3v) is 4.22. The van der Waals surface area contributed by atoms with Crippen molar-refractivity contribution in [3.05, 3.63) is 49.6 Å². The molecular formula is C13H13Br2ClN2O. The van der Waals surface area contributed by atoms with Gasteiger partial charge in [-0.05, 0) is 41.9 Å². The van der Waals surface area contributed by atoms with Crippen LogP contribution in [0.3, 0.4) is 0 Å². The summed E-state index contributed by atoms with van der Waals surface area (Å²) in [6.45, 7) is 4.03. The molecule has 0 aliphatic rings. The number of aromatic nitrogens is 2. The van der Waals surface area contributed by atoms with Crippen LogP contribution in [-0.2, 0) is 0 Å². The highest BCUT2D eigenvalue weighted by Gasteiger charge is 2.22. The monoisotopic (exact) mass is 406 g/mol. The van der Waals surface area contributed by atoms with Crippen LogP contribution < -0.4 is 0 Å². The zero-order valence-corrected chi connectivity index (χ0v) is 14.4. The molecule has 1 unspecified atom stereocenters. The van der Waals surface area contributed by atoms with Crippen LogP contribution in [-0.4, -0.2) is 14.9 Å². The van der Waals surface area contributed by atoms with Gasteiger partial charge in [-0.2, -0.15) is 5.10 Å². The highest BCUT2D eigenvalue weighted by atomic mass is 79.9. The second-order valence-electron chi connectivity index (χ2n) is 4.48. The maximum atomic E-state index is 10.6. The molecule has 1 aromatic carbocycles. The summed E-state index contributed by atoms with van der Waals surface area (Å²) in [5.41, 5.74) is 1.37. The predicted molar refractivity (Wildman–Crippen MR) is 83.5 cm³/mol. The molecule has 0 saturated heterocycles. The van der Waals surface area contributed by atoms with Crippen LogP contribution in [0.4, 0.5) is 0 Å². The average Bonchev–Trinajstić information content (AvgIpc) is 2.70.